The van der Waals surface area contributed by atoms with E-state index in [-0.39, 0.29) is 18.9 Å². The van der Waals surface area contributed by atoms with Crippen molar-refractivity contribution in [1.29, 1.82) is 0 Å². The topological polar surface area (TPSA) is 128 Å². The standard InChI is InChI=1S/C42H87N2O7P/c1-7-8-9-10-11-12-13-14-15-16-17-18-19-20-25-28-31-34-41(46)43-39(37-51-52(48,49)50-36-35-44(4,5)6)42(47)40(45)33-30-27-24-22-21-23-26-29-32-38(2)3/h38-40,42,45,47H,7-37H2,1-6H3,(H-,43,46,48,49)/t39-,40+,42-/m0/s1. The largest absolute Gasteiger partial charge is 0.756 e. The van der Waals surface area contributed by atoms with Crippen LogP contribution in [0.1, 0.15) is 201 Å². The van der Waals surface area contributed by atoms with E-state index in [1.165, 1.54) is 128 Å². The summed E-state index contributed by atoms with van der Waals surface area (Å²) in [5, 5.41) is 24.6. The van der Waals surface area contributed by atoms with Gasteiger partial charge in [0.1, 0.15) is 19.3 Å². The molecule has 1 amide bonds. The van der Waals surface area contributed by atoms with Gasteiger partial charge in [-0.3, -0.25) is 9.36 Å². The van der Waals surface area contributed by atoms with Crippen molar-refractivity contribution in [3.05, 3.63) is 0 Å². The summed E-state index contributed by atoms with van der Waals surface area (Å²) < 4.78 is 23.1. The van der Waals surface area contributed by atoms with Crippen molar-refractivity contribution in [3.8, 4) is 0 Å². The van der Waals surface area contributed by atoms with Crippen molar-refractivity contribution in [2.24, 2.45) is 5.92 Å². The number of nitrogens with zero attached hydrogens (tertiary/aromatic N) is 1. The number of amides is 1. The van der Waals surface area contributed by atoms with E-state index in [0.29, 0.717) is 17.4 Å². The molecule has 0 aromatic carbocycles. The van der Waals surface area contributed by atoms with Crippen molar-refractivity contribution in [2.45, 2.75) is 219 Å². The summed E-state index contributed by atoms with van der Waals surface area (Å²) in [6, 6.07) is -1.07. The number of carbonyl (C=O) groups is 1. The van der Waals surface area contributed by atoms with Gasteiger partial charge in [-0.05, 0) is 18.8 Å². The molecule has 0 radical (unpaired) electrons. The highest BCUT2D eigenvalue weighted by Crippen LogP contribution is 2.38. The van der Waals surface area contributed by atoms with Crippen LogP contribution in [0.2, 0.25) is 0 Å². The van der Waals surface area contributed by atoms with E-state index in [9.17, 15) is 24.5 Å². The average molecular weight is 763 g/mol. The second kappa shape index (κ2) is 33.8. The van der Waals surface area contributed by atoms with E-state index >= 15 is 0 Å². The van der Waals surface area contributed by atoms with Gasteiger partial charge in [0, 0.05) is 6.42 Å². The Morgan fingerprint density at radius 3 is 1.48 bits per heavy atom. The van der Waals surface area contributed by atoms with Crippen LogP contribution in [-0.4, -0.2) is 79.8 Å². The summed E-state index contributed by atoms with van der Waals surface area (Å²) in [5.74, 6) is 0.492. The zero-order chi connectivity index (χ0) is 38.9. The quantitative estimate of drug-likeness (QED) is 0.0323. The lowest BCUT2D eigenvalue weighted by molar-refractivity contribution is -0.870. The number of aliphatic hydroxyl groups excluding tert-OH is 2. The summed E-state index contributed by atoms with van der Waals surface area (Å²) in [7, 11) is 1.13. The van der Waals surface area contributed by atoms with Gasteiger partial charge in [0.05, 0.1) is 39.9 Å². The first-order chi connectivity index (χ1) is 24.8. The first-order valence-corrected chi connectivity index (χ1v) is 23.3. The number of aliphatic hydroxyl groups is 2. The van der Waals surface area contributed by atoms with Crippen molar-refractivity contribution in [2.75, 3.05) is 40.9 Å². The second-order valence-corrected chi connectivity index (χ2v) is 18.4. The van der Waals surface area contributed by atoms with E-state index in [1.54, 1.807) is 0 Å². The number of unbranched alkanes of at least 4 members (excludes halogenated alkanes) is 23. The molecule has 9 nitrogen and oxygen atoms in total. The van der Waals surface area contributed by atoms with Crippen LogP contribution in [0.4, 0.5) is 0 Å². The molecule has 0 spiro atoms. The van der Waals surface area contributed by atoms with E-state index in [0.717, 1.165) is 44.4 Å². The minimum absolute atomic E-state index is 0.0380. The summed E-state index contributed by atoms with van der Waals surface area (Å²) in [6.07, 6.45) is 30.0. The number of likely N-dealkylation sites (N-methyl/N-ethyl adjacent to an activating group) is 1. The van der Waals surface area contributed by atoms with Gasteiger partial charge in [-0.2, -0.15) is 0 Å². The fourth-order valence-electron chi connectivity index (χ4n) is 6.56. The molecule has 4 atom stereocenters. The number of hydrogen-bond acceptors (Lipinski definition) is 7. The lowest BCUT2D eigenvalue weighted by Crippen LogP contribution is -2.51. The molecule has 0 rings (SSSR count). The SMILES string of the molecule is CCCCCCCCCCCCCCCCCCCC(=O)N[C@@H](COP(=O)([O-])OCC[N+](C)(C)C)[C@H](O)[C@H](O)CCCCCCCCCCC(C)C. The lowest BCUT2D eigenvalue weighted by atomic mass is 9.99. The molecule has 0 aromatic heterocycles. The second-order valence-electron chi connectivity index (χ2n) is 17.0. The molecule has 52 heavy (non-hydrogen) atoms. The summed E-state index contributed by atoms with van der Waals surface area (Å²) in [5.41, 5.74) is 0. The van der Waals surface area contributed by atoms with Crippen LogP contribution >= 0.6 is 7.82 Å². The monoisotopic (exact) mass is 763 g/mol. The molecule has 0 aliphatic rings. The van der Waals surface area contributed by atoms with Gasteiger partial charge < -0.3 is 34.0 Å². The van der Waals surface area contributed by atoms with Gasteiger partial charge in [-0.1, -0.05) is 181 Å². The third-order valence-electron chi connectivity index (χ3n) is 10.1. The Kier molecular flexibility index (Phi) is 33.4. The van der Waals surface area contributed by atoms with Gasteiger partial charge in [0.25, 0.3) is 7.82 Å². The van der Waals surface area contributed by atoms with Gasteiger partial charge in [-0.15, -0.1) is 0 Å². The molecule has 10 heteroatoms. The van der Waals surface area contributed by atoms with Crippen LogP contribution in [0.25, 0.3) is 0 Å². The van der Waals surface area contributed by atoms with Crippen LogP contribution in [0, 0.1) is 5.92 Å². The minimum Gasteiger partial charge on any atom is -0.756 e. The lowest BCUT2D eigenvalue weighted by Gasteiger charge is -2.31. The van der Waals surface area contributed by atoms with Crippen LogP contribution < -0.4 is 10.2 Å². The van der Waals surface area contributed by atoms with Crippen LogP contribution in [-0.2, 0) is 18.4 Å². The Hall–Kier alpha value is -0.540. The Morgan fingerprint density at radius 2 is 1.06 bits per heavy atom. The predicted octanol–water partition coefficient (Wildman–Crippen LogP) is 10.00. The van der Waals surface area contributed by atoms with Gasteiger partial charge in [-0.25, -0.2) is 0 Å². The molecule has 0 saturated carbocycles. The molecule has 0 fully saturated rings. The van der Waals surface area contributed by atoms with Gasteiger partial charge in [0.15, 0.2) is 0 Å². The molecule has 0 bridgehead atoms. The number of phosphoric ester groups is 1. The van der Waals surface area contributed by atoms with Gasteiger partial charge >= 0.3 is 0 Å². The van der Waals surface area contributed by atoms with Crippen LogP contribution in [0.15, 0.2) is 0 Å². The molecule has 1 unspecified atom stereocenters. The fourth-order valence-corrected chi connectivity index (χ4v) is 7.28. The Bertz CT molecular complexity index is 855. The van der Waals surface area contributed by atoms with E-state index in [1.807, 2.05) is 21.1 Å². The van der Waals surface area contributed by atoms with E-state index in [4.69, 9.17) is 9.05 Å². The van der Waals surface area contributed by atoms with Crippen molar-refractivity contribution < 1.29 is 38.0 Å². The maximum Gasteiger partial charge on any atom is 0.268 e. The van der Waals surface area contributed by atoms with E-state index in [2.05, 4.69) is 26.1 Å². The molecular formula is C42H87N2O7P. The Labute approximate surface area is 322 Å². The first-order valence-electron chi connectivity index (χ1n) is 21.8. The number of hydrogen-bond donors (Lipinski definition) is 3. The third-order valence-corrected chi connectivity index (χ3v) is 11.1. The zero-order valence-corrected chi connectivity index (χ0v) is 36.0. The normalized spacial score (nSPS) is 15.1. The zero-order valence-electron chi connectivity index (χ0n) is 35.1. The summed E-state index contributed by atoms with van der Waals surface area (Å²) in [6.45, 7) is 6.73. The Balaban J connectivity index is 4.46. The molecule has 312 valence electrons. The number of quaternary nitrogens is 1. The maximum atomic E-state index is 12.9. The summed E-state index contributed by atoms with van der Waals surface area (Å²) in [4.78, 5) is 25.3. The molecule has 3 N–H and O–H groups in total. The highest BCUT2D eigenvalue weighted by atomic mass is 31.2. The molecule has 0 aliphatic heterocycles. The van der Waals surface area contributed by atoms with Crippen molar-refractivity contribution in [1.82, 2.24) is 5.32 Å². The summed E-state index contributed by atoms with van der Waals surface area (Å²) >= 11 is 0. The fraction of sp³-hybridized carbons (Fsp3) is 0.976. The van der Waals surface area contributed by atoms with Crippen LogP contribution in [0.3, 0.4) is 0 Å². The molecular weight excluding hydrogens is 675 g/mol. The highest BCUT2D eigenvalue weighted by Gasteiger charge is 2.29. The minimum atomic E-state index is -4.66. The number of rotatable bonds is 39. The maximum absolute atomic E-state index is 12.9. The number of phosphoric acid groups is 1. The predicted molar refractivity (Wildman–Crippen MR) is 216 cm³/mol. The third kappa shape index (κ3) is 35.2. The average Bonchev–Trinajstić information content (AvgIpc) is 3.07. The smallest absolute Gasteiger partial charge is 0.268 e. The number of nitrogens with one attached hydrogen (secondary N) is 1. The molecule has 0 aliphatic carbocycles. The van der Waals surface area contributed by atoms with Crippen molar-refractivity contribution in [3.63, 3.8) is 0 Å². The Morgan fingerprint density at radius 1 is 0.654 bits per heavy atom. The van der Waals surface area contributed by atoms with E-state index < -0.39 is 32.7 Å². The van der Waals surface area contributed by atoms with Gasteiger partial charge in [0.2, 0.25) is 5.91 Å². The first kappa shape index (κ1) is 51.5. The highest BCUT2D eigenvalue weighted by molar-refractivity contribution is 7.45. The van der Waals surface area contributed by atoms with Crippen LogP contribution in [0.5, 0.6) is 0 Å². The molecule has 0 aromatic rings. The molecule has 0 saturated heterocycles. The molecule has 0 heterocycles. The van der Waals surface area contributed by atoms with Crippen molar-refractivity contribution >= 4 is 13.7 Å². The number of carbonyl (C=O) groups excluding carboxylic acids is 1.